The number of hydrogen-bond donors (Lipinski definition) is 0. The zero-order valence-electron chi connectivity index (χ0n) is 45.7. The van der Waals surface area contributed by atoms with Gasteiger partial charge in [-0.25, -0.2) is 0 Å². The minimum Gasteiger partial charge on any atom is -0.457 e. The number of para-hydroxylation sites is 4. The van der Waals surface area contributed by atoms with Gasteiger partial charge < -0.3 is 14.4 Å². The summed E-state index contributed by atoms with van der Waals surface area (Å²) >= 11 is 0. The highest BCUT2D eigenvalue weighted by atomic mass is 16.5. The summed E-state index contributed by atoms with van der Waals surface area (Å²) in [6, 6.07) is 114. The van der Waals surface area contributed by atoms with Gasteiger partial charge in [-0.1, -0.05) is 255 Å². The lowest BCUT2D eigenvalue weighted by molar-refractivity contribution is 0.436. The second kappa shape index (κ2) is 17.6. The molecule has 0 fully saturated rings. The Kier molecular flexibility index (Phi) is 9.86. The van der Waals surface area contributed by atoms with Gasteiger partial charge in [-0.2, -0.15) is 0 Å². The monoisotopic (exact) mass is 1070 g/mol. The molecule has 3 heteroatoms. The van der Waals surface area contributed by atoms with Crippen molar-refractivity contribution in [2.75, 3.05) is 4.90 Å². The van der Waals surface area contributed by atoms with Crippen molar-refractivity contribution >= 4 is 17.1 Å². The molecule has 84 heavy (non-hydrogen) atoms. The van der Waals surface area contributed by atoms with Crippen LogP contribution in [-0.4, -0.2) is 0 Å². The van der Waals surface area contributed by atoms with Crippen LogP contribution in [0.1, 0.15) is 66.8 Å². The summed E-state index contributed by atoms with van der Waals surface area (Å²) in [5.74, 6) is 3.49. The van der Waals surface area contributed by atoms with Gasteiger partial charge in [0.05, 0.1) is 27.6 Å². The van der Waals surface area contributed by atoms with Crippen LogP contribution in [0.3, 0.4) is 0 Å². The lowest BCUT2D eigenvalue weighted by Gasteiger charge is -2.40. The van der Waals surface area contributed by atoms with Crippen LogP contribution < -0.4 is 14.4 Å². The highest BCUT2D eigenvalue weighted by molar-refractivity contribution is 6.03. The van der Waals surface area contributed by atoms with Gasteiger partial charge >= 0.3 is 0 Å². The molecular weight excluding hydrogens is 1020 g/mol. The Bertz CT molecular complexity index is 4540. The summed E-state index contributed by atoms with van der Waals surface area (Å²) in [4.78, 5) is 2.57. The third-order valence-corrected chi connectivity index (χ3v) is 19.1. The standard InChI is InChI=1S/C81H51NO2/c1-3-23-54(24-4-1)79(55-25-5-2-6-26-55)61-30-10-7-27-57(61)58-50-47-53(51-70(58)79)52-45-48-56(49-46-52)82(71-39-21-37-68-77(71)59-28-8-11-31-62(59)80(68)64-33-13-17-41-73(64)83-74-42-18-14-34-65(74)80)72-40-22-38-69-78(72)60-29-9-12-32-63(60)81(69)66-35-15-19-43-75(66)84-76-44-20-16-36-67(76)81/h1-51H. The fourth-order valence-corrected chi connectivity index (χ4v) is 16.0. The quantitative estimate of drug-likeness (QED) is 0.166. The Morgan fingerprint density at radius 2 is 0.571 bits per heavy atom. The first kappa shape index (κ1) is 47.0. The number of ether oxygens (including phenoxy) is 2. The van der Waals surface area contributed by atoms with Crippen molar-refractivity contribution in [1.82, 2.24) is 0 Å². The molecule has 5 aliphatic rings. The molecule has 2 spiro atoms. The predicted octanol–water partition coefficient (Wildman–Crippen LogP) is 20.1. The number of nitrogens with zero attached hydrogens (tertiary/aromatic N) is 1. The molecule has 2 heterocycles. The van der Waals surface area contributed by atoms with Crippen molar-refractivity contribution < 1.29 is 9.47 Å². The second-order valence-corrected chi connectivity index (χ2v) is 22.8. The molecule has 0 N–H and O–H groups in total. The Hall–Kier alpha value is -10.7. The summed E-state index contributed by atoms with van der Waals surface area (Å²) in [5.41, 5.74) is 25.6. The van der Waals surface area contributed by atoms with Crippen LogP contribution in [0.2, 0.25) is 0 Å². The highest BCUT2D eigenvalue weighted by Gasteiger charge is 2.54. The summed E-state index contributed by atoms with van der Waals surface area (Å²) in [5, 5.41) is 0. The van der Waals surface area contributed by atoms with E-state index in [2.05, 4.69) is 314 Å². The molecule has 0 unspecified atom stereocenters. The van der Waals surface area contributed by atoms with Crippen LogP contribution in [0, 0.1) is 0 Å². The predicted molar refractivity (Wildman–Crippen MR) is 339 cm³/mol. The SMILES string of the molecule is c1ccc(C2(c3ccccc3)c3ccccc3-c3ccc(-c4ccc(N(c5cccc6c5-c5ccccc5C65c6ccccc6Oc6ccccc65)c5cccc6c5-c5ccccc5C65c6ccccc6Oc6ccccc65)cc4)cc32)cc1. The van der Waals surface area contributed by atoms with Gasteiger partial charge in [0.25, 0.3) is 0 Å². The molecule has 392 valence electrons. The van der Waals surface area contributed by atoms with E-state index in [0.717, 1.165) is 73.4 Å². The van der Waals surface area contributed by atoms with Crippen LogP contribution >= 0.6 is 0 Å². The lowest BCUT2D eigenvalue weighted by Crippen LogP contribution is -2.32. The van der Waals surface area contributed by atoms with Crippen LogP contribution in [-0.2, 0) is 16.2 Å². The molecule has 0 aromatic heterocycles. The van der Waals surface area contributed by atoms with Gasteiger partial charge in [0.2, 0.25) is 0 Å². The van der Waals surface area contributed by atoms with Crippen molar-refractivity contribution in [3.05, 3.63) is 376 Å². The molecule has 18 rings (SSSR count). The Balaban J connectivity index is 0.891. The molecule has 0 saturated heterocycles. The summed E-state index contributed by atoms with van der Waals surface area (Å²) in [6.07, 6.45) is 0. The van der Waals surface area contributed by atoms with Crippen molar-refractivity contribution in [1.29, 1.82) is 0 Å². The zero-order valence-corrected chi connectivity index (χ0v) is 45.7. The van der Waals surface area contributed by atoms with E-state index in [-0.39, 0.29) is 0 Å². The van der Waals surface area contributed by atoms with E-state index in [9.17, 15) is 0 Å². The maximum Gasteiger partial charge on any atom is 0.132 e. The van der Waals surface area contributed by atoms with E-state index in [4.69, 9.17) is 9.47 Å². The average Bonchev–Trinajstić information content (AvgIpc) is 1.65. The van der Waals surface area contributed by atoms with Gasteiger partial charge in [0, 0.05) is 39.1 Å². The molecule has 2 aliphatic heterocycles. The highest BCUT2D eigenvalue weighted by Crippen LogP contribution is 2.67. The molecule has 13 aromatic carbocycles. The topological polar surface area (TPSA) is 21.7 Å². The first-order valence-electron chi connectivity index (χ1n) is 29.1. The van der Waals surface area contributed by atoms with Crippen LogP contribution in [0.5, 0.6) is 23.0 Å². The molecular formula is C81H51NO2. The van der Waals surface area contributed by atoms with Crippen molar-refractivity contribution in [3.8, 4) is 67.5 Å². The summed E-state index contributed by atoms with van der Waals surface area (Å²) in [6.45, 7) is 0. The number of benzene rings is 13. The third kappa shape index (κ3) is 6.04. The van der Waals surface area contributed by atoms with Crippen LogP contribution in [0.15, 0.2) is 309 Å². The molecule has 0 radical (unpaired) electrons. The van der Waals surface area contributed by atoms with E-state index >= 15 is 0 Å². The van der Waals surface area contributed by atoms with E-state index in [1.165, 1.54) is 77.9 Å². The van der Waals surface area contributed by atoms with E-state index in [1.807, 2.05) is 0 Å². The summed E-state index contributed by atoms with van der Waals surface area (Å²) in [7, 11) is 0. The first-order chi connectivity index (χ1) is 41.7. The Morgan fingerprint density at radius 1 is 0.226 bits per heavy atom. The van der Waals surface area contributed by atoms with Gasteiger partial charge in [0.1, 0.15) is 23.0 Å². The van der Waals surface area contributed by atoms with Gasteiger partial charge in [-0.3, -0.25) is 0 Å². The lowest BCUT2D eigenvalue weighted by atomic mass is 9.66. The number of fused-ring (bicyclic) bond motifs is 21. The minimum absolute atomic E-state index is 0.513. The van der Waals surface area contributed by atoms with Gasteiger partial charge in [-0.15, -0.1) is 0 Å². The van der Waals surface area contributed by atoms with Crippen LogP contribution in [0.25, 0.3) is 44.5 Å². The first-order valence-corrected chi connectivity index (χ1v) is 29.1. The Morgan fingerprint density at radius 3 is 1.02 bits per heavy atom. The molecule has 13 aromatic rings. The van der Waals surface area contributed by atoms with E-state index in [1.54, 1.807) is 0 Å². The minimum atomic E-state index is -0.657. The fourth-order valence-electron chi connectivity index (χ4n) is 16.0. The normalized spacial score (nSPS) is 14.7. The van der Waals surface area contributed by atoms with Gasteiger partial charge in [0.15, 0.2) is 0 Å². The Labute approximate surface area is 488 Å². The molecule has 0 atom stereocenters. The van der Waals surface area contributed by atoms with Crippen molar-refractivity contribution in [2.45, 2.75) is 16.2 Å². The maximum atomic E-state index is 6.82. The largest absolute Gasteiger partial charge is 0.457 e. The van der Waals surface area contributed by atoms with Crippen molar-refractivity contribution in [3.63, 3.8) is 0 Å². The van der Waals surface area contributed by atoms with Crippen molar-refractivity contribution in [2.24, 2.45) is 0 Å². The molecule has 0 amide bonds. The molecule has 3 aliphatic carbocycles. The number of rotatable bonds is 6. The number of hydrogen-bond acceptors (Lipinski definition) is 3. The molecule has 0 saturated carbocycles. The van der Waals surface area contributed by atoms with Crippen LogP contribution in [0.4, 0.5) is 17.1 Å². The molecule has 0 bridgehead atoms. The van der Waals surface area contributed by atoms with E-state index < -0.39 is 16.2 Å². The summed E-state index contributed by atoms with van der Waals surface area (Å²) < 4.78 is 13.6. The average molecular weight is 1070 g/mol. The van der Waals surface area contributed by atoms with E-state index in [0.29, 0.717) is 0 Å². The zero-order chi connectivity index (χ0) is 55.1. The number of anilines is 3. The van der Waals surface area contributed by atoms with Gasteiger partial charge in [-0.05, 0) is 132 Å². The fraction of sp³-hybridized carbons (Fsp3) is 0.0370. The smallest absolute Gasteiger partial charge is 0.132 e. The maximum absolute atomic E-state index is 6.82. The third-order valence-electron chi connectivity index (χ3n) is 19.1. The second-order valence-electron chi connectivity index (χ2n) is 22.8. The molecule has 3 nitrogen and oxygen atoms in total.